The van der Waals surface area contributed by atoms with Crippen molar-refractivity contribution in [3.05, 3.63) is 27.7 Å². The summed E-state index contributed by atoms with van der Waals surface area (Å²) in [6.45, 7) is 0.825. The van der Waals surface area contributed by atoms with E-state index in [1.807, 2.05) is 6.07 Å². The summed E-state index contributed by atoms with van der Waals surface area (Å²) in [5.41, 5.74) is 1.01. The lowest BCUT2D eigenvalue weighted by molar-refractivity contribution is 0.415. The van der Waals surface area contributed by atoms with Crippen molar-refractivity contribution in [2.75, 3.05) is 19.5 Å². The fourth-order valence-electron chi connectivity index (χ4n) is 1.22. The van der Waals surface area contributed by atoms with Gasteiger partial charge >= 0.3 is 0 Å². The number of rotatable bonds is 5. The van der Waals surface area contributed by atoms with Gasteiger partial charge in [0.1, 0.15) is 5.75 Å². The van der Waals surface area contributed by atoms with Crippen molar-refractivity contribution in [2.45, 2.75) is 6.42 Å². The number of ether oxygens (including phenoxy) is 1. The van der Waals surface area contributed by atoms with Gasteiger partial charge in [0.25, 0.3) is 0 Å². The van der Waals surface area contributed by atoms with Crippen LogP contribution in [-0.4, -0.2) is 19.5 Å². The molecule has 15 heavy (non-hydrogen) atoms. The highest BCUT2D eigenvalue weighted by molar-refractivity contribution is 7.80. The Morgan fingerprint density at radius 3 is 2.67 bits per heavy atom. The lowest BCUT2D eigenvalue weighted by atomic mass is 10.1. The highest BCUT2D eigenvalue weighted by Crippen LogP contribution is 2.30. The molecule has 0 spiro atoms. The lowest BCUT2D eigenvalue weighted by Crippen LogP contribution is -2.15. The van der Waals surface area contributed by atoms with Crippen LogP contribution in [0.1, 0.15) is 5.56 Å². The Labute approximate surface area is 105 Å². The van der Waals surface area contributed by atoms with E-state index in [-0.39, 0.29) is 0 Å². The van der Waals surface area contributed by atoms with Crippen molar-refractivity contribution >= 4 is 35.8 Å². The topological polar surface area (TPSA) is 21.3 Å². The molecule has 0 aliphatic rings. The first-order valence-electron chi connectivity index (χ1n) is 4.52. The average Bonchev–Trinajstić information content (AvgIpc) is 2.23. The van der Waals surface area contributed by atoms with Crippen LogP contribution >= 0.6 is 35.8 Å². The molecule has 0 fully saturated rings. The van der Waals surface area contributed by atoms with E-state index >= 15 is 0 Å². The van der Waals surface area contributed by atoms with Crippen LogP contribution in [-0.2, 0) is 6.42 Å². The third-order valence-corrected chi connectivity index (χ3v) is 2.87. The molecule has 0 radical (unpaired) electrons. The molecule has 0 aliphatic heterocycles. The highest BCUT2D eigenvalue weighted by Gasteiger charge is 2.07. The first-order chi connectivity index (χ1) is 7.19. The zero-order valence-electron chi connectivity index (χ0n) is 8.39. The van der Waals surface area contributed by atoms with Gasteiger partial charge in [0, 0.05) is 17.0 Å². The summed E-state index contributed by atoms with van der Waals surface area (Å²) in [5, 5.41) is 4.37. The minimum absolute atomic E-state index is 0.586. The van der Waals surface area contributed by atoms with Gasteiger partial charge in [0.2, 0.25) is 0 Å². The van der Waals surface area contributed by atoms with Gasteiger partial charge < -0.3 is 10.1 Å². The van der Waals surface area contributed by atoms with E-state index in [9.17, 15) is 0 Å². The fourth-order valence-corrected chi connectivity index (χ4v) is 1.89. The molecule has 5 heteroatoms. The largest absolute Gasteiger partial charge is 0.495 e. The number of hydrogen-bond donors (Lipinski definition) is 2. The Hall–Kier alpha value is -0.0900. The molecule has 0 heterocycles. The van der Waals surface area contributed by atoms with Gasteiger partial charge in [-0.3, -0.25) is 0 Å². The molecule has 2 nitrogen and oxygen atoms in total. The maximum atomic E-state index is 6.07. The maximum Gasteiger partial charge on any atom is 0.138 e. The summed E-state index contributed by atoms with van der Waals surface area (Å²) in [6, 6.07) is 3.57. The molecule has 1 rings (SSSR count). The van der Waals surface area contributed by atoms with Crippen LogP contribution in [0.15, 0.2) is 12.1 Å². The smallest absolute Gasteiger partial charge is 0.138 e. The second-order valence-corrected chi connectivity index (χ2v) is 4.12. The van der Waals surface area contributed by atoms with Crippen molar-refractivity contribution in [3.8, 4) is 5.75 Å². The highest BCUT2D eigenvalue weighted by atomic mass is 35.5. The Balaban J connectivity index is 2.76. The van der Waals surface area contributed by atoms with Crippen LogP contribution in [0.25, 0.3) is 0 Å². The van der Waals surface area contributed by atoms with Crippen molar-refractivity contribution in [1.82, 2.24) is 5.32 Å². The molecule has 0 saturated carbocycles. The Bertz CT molecular complexity index is 333. The van der Waals surface area contributed by atoms with E-state index in [0.717, 1.165) is 18.5 Å². The van der Waals surface area contributed by atoms with Gasteiger partial charge in [-0.25, -0.2) is 0 Å². The van der Waals surface area contributed by atoms with Crippen molar-refractivity contribution in [2.24, 2.45) is 0 Å². The predicted octanol–water partition coefficient (Wildman–Crippen LogP) is 3.02. The Morgan fingerprint density at radius 2 is 2.07 bits per heavy atom. The zero-order chi connectivity index (χ0) is 11.3. The summed E-state index contributed by atoms with van der Waals surface area (Å²) in [5.74, 6) is 1.26. The van der Waals surface area contributed by atoms with E-state index < -0.39 is 0 Å². The summed E-state index contributed by atoms with van der Waals surface area (Å²) >= 11 is 16.1. The van der Waals surface area contributed by atoms with E-state index in [1.54, 1.807) is 13.2 Å². The second kappa shape index (κ2) is 6.48. The standard InChI is InChI=1S/C10H13Cl2NOS/c1-14-10-5-8(11)7(4-9(10)12)2-3-13-6-15/h4-5,13,15H,2-3,6H2,1H3. The Kier molecular flexibility index (Phi) is 5.61. The molecule has 0 bridgehead atoms. The molecule has 1 aromatic carbocycles. The normalized spacial score (nSPS) is 10.4. The minimum Gasteiger partial charge on any atom is -0.495 e. The number of thiol groups is 1. The summed E-state index contributed by atoms with van der Waals surface area (Å²) < 4.78 is 5.06. The molecular formula is C10H13Cl2NOS. The van der Waals surface area contributed by atoms with Gasteiger partial charge in [0.05, 0.1) is 12.1 Å². The van der Waals surface area contributed by atoms with Gasteiger partial charge in [-0.2, -0.15) is 12.6 Å². The molecule has 0 saturated heterocycles. The quantitative estimate of drug-likeness (QED) is 0.485. The van der Waals surface area contributed by atoms with Crippen LogP contribution in [0.3, 0.4) is 0 Å². The minimum atomic E-state index is 0.586. The zero-order valence-corrected chi connectivity index (χ0v) is 10.8. The predicted molar refractivity (Wildman–Crippen MR) is 68.6 cm³/mol. The summed E-state index contributed by atoms with van der Waals surface area (Å²) in [4.78, 5) is 0. The van der Waals surface area contributed by atoms with Gasteiger partial charge in [-0.1, -0.05) is 23.2 Å². The van der Waals surface area contributed by atoms with Crippen molar-refractivity contribution in [3.63, 3.8) is 0 Å². The third-order valence-electron chi connectivity index (χ3n) is 2.00. The average molecular weight is 266 g/mol. The first kappa shape index (κ1) is 13.0. The molecule has 0 amide bonds. The monoisotopic (exact) mass is 265 g/mol. The van der Waals surface area contributed by atoms with Crippen molar-refractivity contribution < 1.29 is 4.74 Å². The molecule has 84 valence electrons. The molecule has 0 aromatic heterocycles. The van der Waals surface area contributed by atoms with Crippen molar-refractivity contribution in [1.29, 1.82) is 0 Å². The number of hydrogen-bond acceptors (Lipinski definition) is 3. The lowest BCUT2D eigenvalue weighted by Gasteiger charge is -2.08. The first-order valence-corrected chi connectivity index (χ1v) is 5.91. The molecule has 1 N–H and O–H groups in total. The van der Waals surface area contributed by atoms with Gasteiger partial charge in [-0.15, -0.1) is 0 Å². The van der Waals surface area contributed by atoms with Crippen LogP contribution in [0.5, 0.6) is 5.75 Å². The van der Waals surface area contributed by atoms with Crippen LogP contribution in [0, 0.1) is 0 Å². The van der Waals surface area contributed by atoms with Crippen LogP contribution < -0.4 is 10.1 Å². The second-order valence-electron chi connectivity index (χ2n) is 2.99. The SMILES string of the molecule is COc1cc(Cl)c(CCNCS)cc1Cl. The van der Waals surface area contributed by atoms with Gasteiger partial charge in [0.15, 0.2) is 0 Å². The van der Waals surface area contributed by atoms with Crippen LogP contribution in [0.4, 0.5) is 0 Å². The number of benzene rings is 1. The molecular weight excluding hydrogens is 253 g/mol. The molecule has 1 aromatic rings. The summed E-state index contributed by atoms with van der Waals surface area (Å²) in [7, 11) is 1.57. The van der Waals surface area contributed by atoms with Gasteiger partial charge in [-0.05, 0) is 24.6 Å². The summed E-state index contributed by atoms with van der Waals surface area (Å²) in [6.07, 6.45) is 0.823. The third kappa shape index (κ3) is 3.76. The van der Waals surface area contributed by atoms with E-state index in [4.69, 9.17) is 27.9 Å². The van der Waals surface area contributed by atoms with E-state index in [2.05, 4.69) is 17.9 Å². The Morgan fingerprint density at radius 1 is 1.33 bits per heavy atom. The van der Waals surface area contributed by atoms with E-state index in [1.165, 1.54) is 0 Å². The van der Waals surface area contributed by atoms with Crippen LogP contribution in [0.2, 0.25) is 10.0 Å². The maximum absolute atomic E-state index is 6.07. The number of methoxy groups -OCH3 is 1. The van der Waals surface area contributed by atoms with E-state index in [0.29, 0.717) is 21.7 Å². The molecule has 0 atom stereocenters. The molecule has 0 aliphatic carbocycles. The number of nitrogens with one attached hydrogen (secondary N) is 1. The fraction of sp³-hybridized carbons (Fsp3) is 0.400. The molecule has 0 unspecified atom stereocenters. The number of halogens is 2.